The second kappa shape index (κ2) is 7.45. The van der Waals surface area contributed by atoms with E-state index in [9.17, 15) is 25.5 Å². The van der Waals surface area contributed by atoms with Gasteiger partial charge in [-0.1, -0.05) is 0 Å². The molecule has 2 saturated heterocycles. The minimum absolute atomic E-state index is 0.182. The minimum Gasteiger partial charge on any atom is -0.394 e. The van der Waals surface area contributed by atoms with Gasteiger partial charge >= 0.3 is 0 Å². The maximum absolute atomic E-state index is 9.93. The first kappa shape index (κ1) is 17.9. The van der Waals surface area contributed by atoms with Crippen LogP contribution in [0.25, 0.3) is 0 Å². The Hall–Kier alpha value is -0.400. The zero-order valence-electron chi connectivity index (χ0n) is 11.7. The zero-order chi connectivity index (χ0) is 16.4. The van der Waals surface area contributed by atoms with Crippen LogP contribution in [0.2, 0.25) is 0 Å². The molecule has 2 aliphatic rings. The molecule has 10 nitrogen and oxygen atoms in total. The molecule has 0 saturated carbocycles. The molecule has 2 rings (SSSR count). The van der Waals surface area contributed by atoms with Gasteiger partial charge in [0, 0.05) is 0 Å². The van der Waals surface area contributed by atoms with Crippen LogP contribution in [0.5, 0.6) is 0 Å². The highest BCUT2D eigenvalue weighted by Gasteiger charge is 2.47. The van der Waals surface area contributed by atoms with Gasteiger partial charge in [-0.2, -0.15) is 0 Å². The van der Waals surface area contributed by atoms with Crippen LogP contribution in [0, 0.1) is 0 Å². The average Bonchev–Trinajstić information content (AvgIpc) is 2.52. The molecule has 130 valence electrons. The summed E-state index contributed by atoms with van der Waals surface area (Å²) in [7, 11) is 0. The molecule has 7 N–H and O–H groups in total. The highest BCUT2D eigenvalue weighted by atomic mass is 16.7. The molecule has 2 heterocycles. The standard InChI is InChI=1S/C12H22O10/c13-1-4-7(15)9(17)6(3-20-4)22-12-11(19)10(18)8(16)5(2-14)21-12/h4-19H,1-3H2/t4-,5-,6+,7+,8+,9-,10+,11-,12+/m1/s1. The predicted octanol–water partition coefficient (Wildman–Crippen LogP) is -4.72. The molecule has 0 aromatic heterocycles. The lowest BCUT2D eigenvalue weighted by atomic mass is 9.98. The van der Waals surface area contributed by atoms with Crippen LogP contribution >= 0.6 is 0 Å². The Morgan fingerprint density at radius 2 is 1.36 bits per heavy atom. The minimum atomic E-state index is -1.61. The van der Waals surface area contributed by atoms with Gasteiger partial charge < -0.3 is 50.0 Å². The fraction of sp³-hybridized carbons (Fsp3) is 1.00. The van der Waals surface area contributed by atoms with Crippen LogP contribution in [0.3, 0.4) is 0 Å². The second-order valence-corrected chi connectivity index (χ2v) is 5.41. The number of rotatable bonds is 4. The van der Waals surface area contributed by atoms with Crippen molar-refractivity contribution in [2.75, 3.05) is 19.8 Å². The monoisotopic (exact) mass is 326 g/mol. The summed E-state index contributed by atoms with van der Waals surface area (Å²) >= 11 is 0. The molecule has 22 heavy (non-hydrogen) atoms. The molecule has 0 spiro atoms. The highest BCUT2D eigenvalue weighted by molar-refractivity contribution is 4.92. The van der Waals surface area contributed by atoms with E-state index in [1.54, 1.807) is 0 Å². The Kier molecular flexibility index (Phi) is 6.07. The van der Waals surface area contributed by atoms with E-state index in [2.05, 4.69) is 0 Å². The van der Waals surface area contributed by atoms with Crippen LogP contribution in [-0.4, -0.2) is 111 Å². The van der Waals surface area contributed by atoms with E-state index in [-0.39, 0.29) is 6.61 Å². The maximum atomic E-state index is 9.93. The molecular formula is C12H22O10. The smallest absolute Gasteiger partial charge is 0.187 e. The fourth-order valence-corrected chi connectivity index (χ4v) is 2.49. The molecule has 0 aromatic rings. The fourth-order valence-electron chi connectivity index (χ4n) is 2.49. The molecular weight excluding hydrogens is 304 g/mol. The van der Waals surface area contributed by atoms with Gasteiger partial charge in [-0.05, 0) is 0 Å². The first-order valence-corrected chi connectivity index (χ1v) is 6.95. The SMILES string of the molecule is OC[C@H]1O[C@@H](O[C@H]2CO[C@H](CO)[C@H](O)[C@@H]2O)[C@H](O)[C@@H](O)[C@H]1O. The zero-order valence-corrected chi connectivity index (χ0v) is 11.7. The van der Waals surface area contributed by atoms with E-state index in [4.69, 9.17) is 24.4 Å². The van der Waals surface area contributed by atoms with Crippen LogP contribution in [0.1, 0.15) is 0 Å². The molecule has 2 aliphatic heterocycles. The molecule has 0 unspecified atom stereocenters. The molecule has 2 fully saturated rings. The summed E-state index contributed by atoms with van der Waals surface area (Å²) in [6, 6.07) is 0. The third-order valence-electron chi connectivity index (χ3n) is 3.92. The molecule has 9 atom stereocenters. The largest absolute Gasteiger partial charge is 0.394 e. The number of aliphatic hydroxyl groups is 7. The lowest BCUT2D eigenvalue weighted by molar-refractivity contribution is -0.331. The topological polar surface area (TPSA) is 169 Å². The highest BCUT2D eigenvalue weighted by Crippen LogP contribution is 2.26. The van der Waals surface area contributed by atoms with E-state index in [0.717, 1.165) is 0 Å². The quantitative estimate of drug-likeness (QED) is 0.266. The Bertz CT molecular complexity index is 353. The normalized spacial score (nSPS) is 50.0. The molecule has 0 bridgehead atoms. The summed E-state index contributed by atoms with van der Waals surface area (Å²) in [6.45, 7) is -1.27. The number of aliphatic hydroxyl groups excluding tert-OH is 7. The first-order chi connectivity index (χ1) is 10.4. The number of hydrogen-bond acceptors (Lipinski definition) is 10. The summed E-state index contributed by atoms with van der Waals surface area (Å²) in [5.74, 6) is 0. The number of ether oxygens (including phenoxy) is 3. The van der Waals surface area contributed by atoms with E-state index in [0.29, 0.717) is 0 Å². The summed E-state index contributed by atoms with van der Waals surface area (Å²) in [4.78, 5) is 0. The van der Waals surface area contributed by atoms with E-state index in [1.165, 1.54) is 0 Å². The van der Waals surface area contributed by atoms with Crippen molar-refractivity contribution < 1.29 is 50.0 Å². The van der Waals surface area contributed by atoms with Gasteiger partial charge in [-0.15, -0.1) is 0 Å². The van der Waals surface area contributed by atoms with Crippen molar-refractivity contribution in [1.82, 2.24) is 0 Å². The van der Waals surface area contributed by atoms with Gasteiger partial charge in [-0.25, -0.2) is 0 Å². The van der Waals surface area contributed by atoms with Gasteiger partial charge in [0.05, 0.1) is 19.8 Å². The Morgan fingerprint density at radius 3 is 1.95 bits per heavy atom. The van der Waals surface area contributed by atoms with Gasteiger partial charge in [-0.3, -0.25) is 0 Å². The summed E-state index contributed by atoms with van der Waals surface area (Å²) in [5, 5.41) is 66.9. The number of hydrogen-bond donors (Lipinski definition) is 7. The van der Waals surface area contributed by atoms with Gasteiger partial charge in [0.1, 0.15) is 48.8 Å². The third-order valence-corrected chi connectivity index (χ3v) is 3.92. The Morgan fingerprint density at radius 1 is 0.773 bits per heavy atom. The van der Waals surface area contributed by atoms with Crippen molar-refractivity contribution in [3.63, 3.8) is 0 Å². The maximum Gasteiger partial charge on any atom is 0.187 e. The Balaban J connectivity index is 2.00. The average molecular weight is 326 g/mol. The van der Waals surface area contributed by atoms with Crippen molar-refractivity contribution in [3.8, 4) is 0 Å². The van der Waals surface area contributed by atoms with Crippen LogP contribution in [-0.2, 0) is 14.2 Å². The lowest BCUT2D eigenvalue weighted by Crippen LogP contribution is -2.62. The van der Waals surface area contributed by atoms with Gasteiger partial charge in [0.25, 0.3) is 0 Å². The van der Waals surface area contributed by atoms with Crippen LogP contribution in [0.15, 0.2) is 0 Å². The van der Waals surface area contributed by atoms with E-state index in [1.807, 2.05) is 0 Å². The van der Waals surface area contributed by atoms with Crippen molar-refractivity contribution in [2.24, 2.45) is 0 Å². The van der Waals surface area contributed by atoms with Crippen molar-refractivity contribution in [1.29, 1.82) is 0 Å². The predicted molar refractivity (Wildman–Crippen MR) is 67.5 cm³/mol. The van der Waals surface area contributed by atoms with E-state index >= 15 is 0 Å². The summed E-state index contributed by atoms with van der Waals surface area (Å²) in [6.07, 6.45) is -12.1. The Labute approximate surface area is 126 Å². The molecule has 0 aromatic carbocycles. The molecule has 0 amide bonds. The first-order valence-electron chi connectivity index (χ1n) is 6.95. The third kappa shape index (κ3) is 3.41. The van der Waals surface area contributed by atoms with Crippen molar-refractivity contribution >= 4 is 0 Å². The van der Waals surface area contributed by atoms with E-state index < -0.39 is 68.3 Å². The van der Waals surface area contributed by atoms with Crippen LogP contribution in [0.4, 0.5) is 0 Å². The van der Waals surface area contributed by atoms with Crippen LogP contribution < -0.4 is 0 Å². The summed E-state index contributed by atoms with van der Waals surface area (Å²) in [5.41, 5.74) is 0. The molecule has 10 heteroatoms. The second-order valence-electron chi connectivity index (χ2n) is 5.41. The molecule has 0 aliphatic carbocycles. The summed E-state index contributed by atoms with van der Waals surface area (Å²) < 4.78 is 15.6. The van der Waals surface area contributed by atoms with Crippen molar-refractivity contribution in [2.45, 2.75) is 55.1 Å². The van der Waals surface area contributed by atoms with Crippen molar-refractivity contribution in [3.05, 3.63) is 0 Å². The van der Waals surface area contributed by atoms with Gasteiger partial charge in [0.15, 0.2) is 6.29 Å². The molecule has 0 radical (unpaired) electrons. The van der Waals surface area contributed by atoms with Gasteiger partial charge in [0.2, 0.25) is 0 Å². The lowest BCUT2D eigenvalue weighted by Gasteiger charge is -2.43.